The van der Waals surface area contributed by atoms with Crippen LogP contribution in [0.2, 0.25) is 0 Å². The van der Waals surface area contributed by atoms with Gasteiger partial charge in [0.05, 0.1) is 0 Å². The topological polar surface area (TPSA) is 35.2 Å². The van der Waals surface area contributed by atoms with E-state index in [0.29, 0.717) is 0 Å². The van der Waals surface area contributed by atoms with Gasteiger partial charge in [-0.15, -0.1) is 0 Å². The van der Waals surface area contributed by atoms with Gasteiger partial charge in [-0.05, 0) is 17.7 Å². The Bertz CT molecular complexity index is 534. The van der Waals surface area contributed by atoms with E-state index in [1.54, 1.807) is 12.1 Å². The molecule has 0 aliphatic heterocycles. The fraction of sp³-hybridized carbons (Fsp3) is 0.0769. The lowest BCUT2D eigenvalue weighted by Crippen LogP contribution is -2.01. The van der Waals surface area contributed by atoms with Crippen LogP contribution in [0.15, 0.2) is 40.9 Å². The molecule has 0 saturated carbocycles. The van der Waals surface area contributed by atoms with Crippen LogP contribution < -0.4 is 10.5 Å². The summed E-state index contributed by atoms with van der Waals surface area (Å²) in [6.07, 6.45) is 0. The molecule has 0 unspecified atom stereocenters. The van der Waals surface area contributed by atoms with Gasteiger partial charge in [0.15, 0.2) is 17.4 Å². The maximum atomic E-state index is 13.4. The van der Waals surface area contributed by atoms with Gasteiger partial charge in [0, 0.05) is 22.3 Å². The number of nitrogens with two attached hydrogens (primary N) is 1. The summed E-state index contributed by atoms with van der Waals surface area (Å²) in [7, 11) is 0. The van der Waals surface area contributed by atoms with Crippen LogP contribution in [0.1, 0.15) is 5.56 Å². The van der Waals surface area contributed by atoms with E-state index < -0.39 is 17.4 Å². The van der Waals surface area contributed by atoms with Crippen molar-refractivity contribution in [2.45, 2.75) is 6.61 Å². The third-order valence-corrected chi connectivity index (χ3v) is 2.85. The molecule has 0 heterocycles. The molecular weight excluding hydrogens is 304 g/mol. The fourth-order valence-corrected chi connectivity index (χ4v) is 1.72. The molecule has 0 saturated heterocycles. The summed E-state index contributed by atoms with van der Waals surface area (Å²) >= 11 is 3.30. The van der Waals surface area contributed by atoms with E-state index >= 15 is 0 Å². The van der Waals surface area contributed by atoms with E-state index in [4.69, 9.17) is 10.5 Å². The van der Waals surface area contributed by atoms with Crippen LogP contribution in [0.3, 0.4) is 0 Å². The van der Waals surface area contributed by atoms with E-state index in [2.05, 4.69) is 15.9 Å². The zero-order chi connectivity index (χ0) is 13.1. The number of ether oxygens (including phenoxy) is 1. The molecule has 2 nitrogen and oxygen atoms in total. The monoisotopic (exact) mass is 313 g/mol. The molecule has 0 aliphatic rings. The van der Waals surface area contributed by atoms with Gasteiger partial charge in [-0.1, -0.05) is 28.1 Å². The molecule has 0 radical (unpaired) electrons. The molecule has 0 atom stereocenters. The molecular formula is C13H10BrF2NO. The summed E-state index contributed by atoms with van der Waals surface area (Å²) in [4.78, 5) is 0. The fourth-order valence-electron chi connectivity index (χ4n) is 1.45. The molecule has 0 spiro atoms. The van der Waals surface area contributed by atoms with Crippen molar-refractivity contribution in [3.8, 4) is 5.75 Å². The summed E-state index contributed by atoms with van der Waals surface area (Å²) in [5.74, 6) is -2.01. The molecule has 0 amide bonds. The average molecular weight is 314 g/mol. The maximum absolute atomic E-state index is 13.4. The summed E-state index contributed by atoms with van der Waals surface area (Å²) < 4.78 is 32.9. The summed E-state index contributed by atoms with van der Waals surface area (Å²) in [6.45, 7) is 0.0883. The molecule has 2 aromatic carbocycles. The Morgan fingerprint density at radius 3 is 2.17 bits per heavy atom. The normalized spacial score (nSPS) is 10.4. The molecule has 94 valence electrons. The number of benzene rings is 2. The Kier molecular flexibility index (Phi) is 3.81. The van der Waals surface area contributed by atoms with E-state index in [1.807, 2.05) is 12.1 Å². The number of rotatable bonds is 3. The Hall–Kier alpha value is -1.62. The third-order valence-electron chi connectivity index (χ3n) is 2.32. The second-order valence-corrected chi connectivity index (χ2v) is 4.64. The van der Waals surface area contributed by atoms with Gasteiger partial charge in [-0.3, -0.25) is 0 Å². The van der Waals surface area contributed by atoms with Crippen molar-refractivity contribution in [1.29, 1.82) is 0 Å². The van der Waals surface area contributed by atoms with Crippen LogP contribution >= 0.6 is 15.9 Å². The lowest BCUT2D eigenvalue weighted by atomic mass is 10.2. The Labute approximate surface area is 112 Å². The Morgan fingerprint density at radius 1 is 1.06 bits per heavy atom. The van der Waals surface area contributed by atoms with Crippen molar-refractivity contribution in [3.63, 3.8) is 0 Å². The van der Waals surface area contributed by atoms with E-state index in [0.717, 1.165) is 22.2 Å². The van der Waals surface area contributed by atoms with E-state index in [-0.39, 0.29) is 12.3 Å². The SMILES string of the molecule is Nc1cc(F)c(OCc2ccc(Br)cc2)c(F)c1. The predicted molar refractivity (Wildman–Crippen MR) is 69.2 cm³/mol. The molecule has 2 N–H and O–H groups in total. The predicted octanol–water partition coefficient (Wildman–Crippen LogP) is 3.89. The lowest BCUT2D eigenvalue weighted by Gasteiger charge is -2.09. The highest BCUT2D eigenvalue weighted by Gasteiger charge is 2.11. The maximum Gasteiger partial charge on any atom is 0.191 e. The van der Waals surface area contributed by atoms with Crippen molar-refractivity contribution in [2.24, 2.45) is 0 Å². The molecule has 2 aromatic rings. The number of nitrogen functional groups attached to an aromatic ring is 1. The zero-order valence-corrected chi connectivity index (χ0v) is 10.9. The van der Waals surface area contributed by atoms with E-state index in [9.17, 15) is 8.78 Å². The highest BCUT2D eigenvalue weighted by Crippen LogP contribution is 2.25. The minimum Gasteiger partial charge on any atom is -0.483 e. The lowest BCUT2D eigenvalue weighted by molar-refractivity contribution is 0.274. The Morgan fingerprint density at radius 2 is 1.61 bits per heavy atom. The van der Waals surface area contributed by atoms with Crippen LogP contribution in [0.4, 0.5) is 14.5 Å². The molecule has 0 bridgehead atoms. The van der Waals surface area contributed by atoms with Crippen LogP contribution in [-0.2, 0) is 6.61 Å². The standard InChI is InChI=1S/C13H10BrF2NO/c14-9-3-1-8(2-4-9)7-18-13-11(15)5-10(17)6-12(13)16/h1-6H,7,17H2. The number of hydrogen-bond acceptors (Lipinski definition) is 2. The molecule has 18 heavy (non-hydrogen) atoms. The van der Waals surface area contributed by atoms with E-state index in [1.165, 1.54) is 0 Å². The molecule has 0 aromatic heterocycles. The zero-order valence-electron chi connectivity index (χ0n) is 9.29. The molecule has 5 heteroatoms. The van der Waals surface area contributed by atoms with Gasteiger partial charge < -0.3 is 10.5 Å². The van der Waals surface area contributed by atoms with Crippen molar-refractivity contribution < 1.29 is 13.5 Å². The number of hydrogen-bond donors (Lipinski definition) is 1. The van der Waals surface area contributed by atoms with Crippen molar-refractivity contribution in [3.05, 3.63) is 58.1 Å². The quantitative estimate of drug-likeness (QED) is 0.873. The van der Waals surface area contributed by atoms with Gasteiger partial charge in [-0.25, -0.2) is 8.78 Å². The van der Waals surface area contributed by atoms with Gasteiger partial charge in [-0.2, -0.15) is 0 Å². The second-order valence-electron chi connectivity index (χ2n) is 3.73. The van der Waals surface area contributed by atoms with Gasteiger partial charge in [0.25, 0.3) is 0 Å². The third kappa shape index (κ3) is 2.98. The highest BCUT2D eigenvalue weighted by molar-refractivity contribution is 9.10. The molecule has 2 rings (SSSR count). The first kappa shape index (κ1) is 12.8. The van der Waals surface area contributed by atoms with Gasteiger partial charge >= 0.3 is 0 Å². The minimum atomic E-state index is -0.801. The van der Waals surface area contributed by atoms with Crippen LogP contribution in [0, 0.1) is 11.6 Å². The molecule has 0 aliphatic carbocycles. The van der Waals surface area contributed by atoms with Crippen molar-refractivity contribution >= 4 is 21.6 Å². The minimum absolute atomic E-state index is 0.0287. The first-order chi connectivity index (χ1) is 8.56. The second kappa shape index (κ2) is 5.35. The first-order valence-electron chi connectivity index (χ1n) is 5.18. The van der Waals surface area contributed by atoms with Crippen LogP contribution in [-0.4, -0.2) is 0 Å². The van der Waals surface area contributed by atoms with Crippen molar-refractivity contribution in [1.82, 2.24) is 0 Å². The smallest absolute Gasteiger partial charge is 0.191 e. The Balaban J connectivity index is 2.13. The summed E-state index contributed by atoms with van der Waals surface area (Å²) in [5, 5.41) is 0. The van der Waals surface area contributed by atoms with Crippen LogP contribution in [0.25, 0.3) is 0 Å². The number of anilines is 1. The van der Waals surface area contributed by atoms with Gasteiger partial charge in [0.2, 0.25) is 0 Å². The van der Waals surface area contributed by atoms with Gasteiger partial charge in [0.1, 0.15) is 6.61 Å². The summed E-state index contributed by atoms with van der Waals surface area (Å²) in [6, 6.07) is 9.32. The average Bonchev–Trinajstić information content (AvgIpc) is 2.30. The molecule has 0 fully saturated rings. The highest BCUT2D eigenvalue weighted by atomic mass is 79.9. The number of halogens is 3. The van der Waals surface area contributed by atoms with Crippen LogP contribution in [0.5, 0.6) is 5.75 Å². The largest absolute Gasteiger partial charge is 0.483 e. The summed E-state index contributed by atoms with van der Waals surface area (Å²) in [5.41, 5.74) is 6.15. The van der Waals surface area contributed by atoms with Crippen molar-refractivity contribution in [2.75, 3.05) is 5.73 Å². The first-order valence-corrected chi connectivity index (χ1v) is 5.97.